The predicted molar refractivity (Wildman–Crippen MR) is 78.9 cm³/mol. The van der Waals surface area contributed by atoms with Gasteiger partial charge in [0.1, 0.15) is 0 Å². The molecule has 2 atom stereocenters. The first-order valence-corrected chi connectivity index (χ1v) is 7.26. The summed E-state index contributed by atoms with van der Waals surface area (Å²) in [7, 11) is 0. The zero-order valence-corrected chi connectivity index (χ0v) is 12.4. The van der Waals surface area contributed by atoms with Gasteiger partial charge in [-0.2, -0.15) is 5.10 Å². The summed E-state index contributed by atoms with van der Waals surface area (Å²) in [5, 5.41) is 14.3. The molecule has 0 radical (unpaired) electrons. The lowest BCUT2D eigenvalue weighted by Crippen LogP contribution is -2.40. The summed E-state index contributed by atoms with van der Waals surface area (Å²) in [4.78, 5) is 2.36. The second-order valence-corrected chi connectivity index (χ2v) is 5.26. The molecule has 5 nitrogen and oxygen atoms in total. The third-order valence-electron chi connectivity index (χ3n) is 3.51. The summed E-state index contributed by atoms with van der Waals surface area (Å²) in [6.45, 7) is 8.82. The van der Waals surface area contributed by atoms with Gasteiger partial charge >= 0.3 is 0 Å². The smallest absolute Gasteiger partial charge is 0.0862 e. The number of aromatic nitrogens is 2. The van der Waals surface area contributed by atoms with E-state index in [0.717, 1.165) is 13.0 Å². The van der Waals surface area contributed by atoms with E-state index < -0.39 is 6.10 Å². The molecule has 0 bridgehead atoms. The topological polar surface area (TPSA) is 67.3 Å². The molecule has 1 heterocycles. The zero-order chi connectivity index (χ0) is 14.3. The molecule has 5 heteroatoms. The van der Waals surface area contributed by atoms with Gasteiger partial charge in [-0.1, -0.05) is 20.3 Å². The van der Waals surface area contributed by atoms with Gasteiger partial charge in [0.05, 0.1) is 24.5 Å². The number of aliphatic hydroxyl groups is 1. The molecule has 0 aliphatic heterocycles. The molecule has 0 spiro atoms. The average Bonchev–Trinajstić information content (AvgIpc) is 2.78. The van der Waals surface area contributed by atoms with Gasteiger partial charge < -0.3 is 10.8 Å². The lowest BCUT2D eigenvalue weighted by Gasteiger charge is -2.30. The van der Waals surface area contributed by atoms with E-state index >= 15 is 0 Å². The monoisotopic (exact) mass is 268 g/mol. The highest BCUT2D eigenvalue weighted by Crippen LogP contribution is 2.08. The molecule has 0 fully saturated rings. The first-order valence-electron chi connectivity index (χ1n) is 7.26. The van der Waals surface area contributed by atoms with E-state index in [9.17, 15) is 5.11 Å². The van der Waals surface area contributed by atoms with Crippen molar-refractivity contribution >= 4 is 5.69 Å². The molecular formula is C14H28N4O. The number of nitrogen functional groups attached to an aromatic ring is 1. The van der Waals surface area contributed by atoms with Crippen molar-refractivity contribution in [2.75, 3.05) is 18.8 Å². The summed E-state index contributed by atoms with van der Waals surface area (Å²) in [5.41, 5.74) is 6.25. The fourth-order valence-electron chi connectivity index (χ4n) is 2.13. The Labute approximate surface area is 116 Å². The number of rotatable bonds is 9. The Morgan fingerprint density at radius 2 is 2.21 bits per heavy atom. The highest BCUT2D eigenvalue weighted by molar-refractivity contribution is 5.30. The van der Waals surface area contributed by atoms with Crippen LogP contribution in [0.2, 0.25) is 0 Å². The van der Waals surface area contributed by atoms with Gasteiger partial charge in [-0.05, 0) is 26.3 Å². The van der Waals surface area contributed by atoms with Crippen LogP contribution < -0.4 is 5.73 Å². The molecule has 110 valence electrons. The van der Waals surface area contributed by atoms with Crippen molar-refractivity contribution in [1.82, 2.24) is 14.7 Å². The van der Waals surface area contributed by atoms with E-state index in [1.54, 1.807) is 17.1 Å². The average molecular weight is 268 g/mol. The fourth-order valence-corrected chi connectivity index (χ4v) is 2.13. The first kappa shape index (κ1) is 16.0. The van der Waals surface area contributed by atoms with Crippen LogP contribution in [0.5, 0.6) is 0 Å². The number of nitrogens with zero attached hydrogens (tertiary/aromatic N) is 3. The summed E-state index contributed by atoms with van der Waals surface area (Å²) < 4.78 is 1.70. The SMILES string of the molecule is CCCCN(CC(O)Cn1cc(N)cn1)C(C)CC. The number of hydrogen-bond acceptors (Lipinski definition) is 4. The molecule has 0 saturated heterocycles. The highest BCUT2D eigenvalue weighted by atomic mass is 16.3. The highest BCUT2D eigenvalue weighted by Gasteiger charge is 2.16. The van der Waals surface area contributed by atoms with Crippen LogP contribution in [0.4, 0.5) is 5.69 Å². The summed E-state index contributed by atoms with van der Waals surface area (Å²) in [6, 6.07) is 0.504. The Balaban J connectivity index is 2.47. The van der Waals surface area contributed by atoms with Crippen LogP contribution in [0.25, 0.3) is 0 Å². The van der Waals surface area contributed by atoms with Crippen LogP contribution >= 0.6 is 0 Å². The van der Waals surface area contributed by atoms with Crippen molar-refractivity contribution in [2.24, 2.45) is 0 Å². The number of hydrogen-bond donors (Lipinski definition) is 2. The maximum Gasteiger partial charge on any atom is 0.0862 e. The Bertz CT molecular complexity index is 353. The first-order chi connectivity index (χ1) is 9.06. The Hall–Kier alpha value is -1.07. The predicted octanol–water partition coefficient (Wildman–Crippen LogP) is 1.73. The van der Waals surface area contributed by atoms with E-state index in [-0.39, 0.29) is 0 Å². The fraction of sp³-hybridized carbons (Fsp3) is 0.786. The molecule has 0 amide bonds. The molecule has 1 aromatic rings. The minimum atomic E-state index is -0.412. The summed E-state index contributed by atoms with van der Waals surface area (Å²) in [6.07, 6.45) is 6.40. The molecule has 1 rings (SSSR count). The quantitative estimate of drug-likeness (QED) is 0.715. The molecule has 0 saturated carbocycles. The molecule has 3 N–H and O–H groups in total. The normalized spacial score (nSPS) is 14.8. The maximum absolute atomic E-state index is 10.2. The van der Waals surface area contributed by atoms with Crippen LogP contribution in [0.3, 0.4) is 0 Å². The molecule has 0 aliphatic carbocycles. The minimum absolute atomic E-state index is 0.412. The second-order valence-electron chi connectivity index (χ2n) is 5.26. The maximum atomic E-state index is 10.2. The van der Waals surface area contributed by atoms with Crippen LogP contribution in [-0.2, 0) is 6.54 Å². The molecule has 0 aliphatic rings. The van der Waals surface area contributed by atoms with Crippen molar-refractivity contribution in [2.45, 2.75) is 58.7 Å². The molecule has 0 aromatic carbocycles. The second kappa shape index (κ2) is 8.17. The van der Waals surface area contributed by atoms with Gasteiger partial charge in [0, 0.05) is 18.8 Å². The van der Waals surface area contributed by atoms with Gasteiger partial charge in [-0.15, -0.1) is 0 Å². The summed E-state index contributed by atoms with van der Waals surface area (Å²) >= 11 is 0. The van der Waals surface area contributed by atoms with Gasteiger partial charge in [-0.25, -0.2) is 0 Å². The van der Waals surface area contributed by atoms with Crippen molar-refractivity contribution in [3.8, 4) is 0 Å². The van der Waals surface area contributed by atoms with Crippen molar-refractivity contribution < 1.29 is 5.11 Å². The van der Waals surface area contributed by atoms with Gasteiger partial charge in [0.25, 0.3) is 0 Å². The zero-order valence-electron chi connectivity index (χ0n) is 12.4. The van der Waals surface area contributed by atoms with Crippen LogP contribution in [-0.4, -0.2) is 45.0 Å². The third kappa shape index (κ3) is 5.61. The van der Waals surface area contributed by atoms with Crippen LogP contribution in [0.1, 0.15) is 40.0 Å². The summed E-state index contributed by atoms with van der Waals surface area (Å²) in [5.74, 6) is 0. The Morgan fingerprint density at radius 3 is 2.74 bits per heavy atom. The largest absolute Gasteiger partial charge is 0.396 e. The third-order valence-corrected chi connectivity index (χ3v) is 3.51. The van der Waals surface area contributed by atoms with Gasteiger partial charge in [0.2, 0.25) is 0 Å². The molecule has 19 heavy (non-hydrogen) atoms. The number of aliphatic hydroxyl groups excluding tert-OH is 1. The van der Waals surface area contributed by atoms with E-state index in [1.165, 1.54) is 12.8 Å². The standard InChI is InChI=1S/C14H28N4O/c1-4-6-7-17(12(3)5-2)10-14(19)11-18-9-13(15)8-16-18/h8-9,12,14,19H,4-7,10-11,15H2,1-3H3. The van der Waals surface area contributed by atoms with Crippen molar-refractivity contribution in [3.63, 3.8) is 0 Å². The van der Waals surface area contributed by atoms with Crippen molar-refractivity contribution in [3.05, 3.63) is 12.4 Å². The Morgan fingerprint density at radius 1 is 1.47 bits per heavy atom. The van der Waals surface area contributed by atoms with E-state index in [1.807, 2.05) is 0 Å². The van der Waals surface area contributed by atoms with E-state index in [4.69, 9.17) is 5.73 Å². The minimum Gasteiger partial charge on any atom is -0.396 e. The lowest BCUT2D eigenvalue weighted by molar-refractivity contribution is 0.0747. The molecular weight excluding hydrogens is 240 g/mol. The van der Waals surface area contributed by atoms with Crippen molar-refractivity contribution in [1.29, 1.82) is 0 Å². The van der Waals surface area contributed by atoms with E-state index in [2.05, 4.69) is 30.8 Å². The van der Waals surface area contributed by atoms with Crippen LogP contribution in [0.15, 0.2) is 12.4 Å². The molecule has 1 aromatic heterocycles. The number of nitrogens with two attached hydrogens (primary N) is 1. The number of unbranched alkanes of at least 4 members (excludes halogenated alkanes) is 1. The lowest BCUT2D eigenvalue weighted by atomic mass is 10.1. The molecule has 2 unspecified atom stereocenters. The number of anilines is 1. The van der Waals surface area contributed by atoms with E-state index in [0.29, 0.717) is 24.8 Å². The van der Waals surface area contributed by atoms with Gasteiger partial charge in [-0.3, -0.25) is 9.58 Å². The Kier molecular flexibility index (Phi) is 6.87. The van der Waals surface area contributed by atoms with Crippen LogP contribution in [0, 0.1) is 0 Å². The van der Waals surface area contributed by atoms with Gasteiger partial charge in [0.15, 0.2) is 0 Å².